The van der Waals surface area contributed by atoms with Gasteiger partial charge in [-0.3, -0.25) is 4.79 Å². The lowest BCUT2D eigenvalue weighted by molar-refractivity contribution is 0.0930. The van der Waals surface area contributed by atoms with Crippen molar-refractivity contribution in [3.63, 3.8) is 0 Å². The first-order valence-corrected chi connectivity index (χ1v) is 9.51. The molecule has 2 fully saturated rings. The van der Waals surface area contributed by atoms with Crippen LogP contribution in [0.2, 0.25) is 0 Å². The van der Waals surface area contributed by atoms with Crippen molar-refractivity contribution >= 4 is 17.0 Å². The Bertz CT molecular complexity index is 781. The highest BCUT2D eigenvalue weighted by atomic mass is 16.5. The van der Waals surface area contributed by atoms with Crippen LogP contribution < -0.4 is 11.1 Å². The maximum Gasteiger partial charge on any atom is 0.259 e. The van der Waals surface area contributed by atoms with Crippen molar-refractivity contribution in [3.05, 3.63) is 23.0 Å². The number of amides is 1. The third kappa shape index (κ3) is 3.15. The molecule has 2 aromatic rings. The van der Waals surface area contributed by atoms with Gasteiger partial charge in [0.2, 0.25) is 0 Å². The predicted octanol–water partition coefficient (Wildman–Crippen LogP) is 2.91. The van der Waals surface area contributed by atoms with Gasteiger partial charge in [0.15, 0.2) is 0 Å². The van der Waals surface area contributed by atoms with E-state index in [0.717, 1.165) is 61.7 Å². The minimum atomic E-state index is -0.0415. The van der Waals surface area contributed by atoms with Gasteiger partial charge < -0.3 is 15.6 Å². The molecule has 6 nitrogen and oxygen atoms in total. The second-order valence-electron chi connectivity index (χ2n) is 7.44. The number of hydrogen-bond donors (Lipinski definition) is 2. The van der Waals surface area contributed by atoms with Gasteiger partial charge in [-0.05, 0) is 50.6 Å². The van der Waals surface area contributed by atoms with Crippen LogP contribution in [-0.4, -0.2) is 28.6 Å². The molecule has 0 radical (unpaired) electrons. The highest BCUT2D eigenvalue weighted by molar-refractivity contribution is 6.06. The molecule has 2 unspecified atom stereocenters. The van der Waals surface area contributed by atoms with E-state index < -0.39 is 0 Å². The van der Waals surface area contributed by atoms with Crippen LogP contribution in [-0.2, 0) is 6.42 Å². The van der Waals surface area contributed by atoms with E-state index in [0.29, 0.717) is 29.7 Å². The van der Waals surface area contributed by atoms with E-state index in [4.69, 9.17) is 10.3 Å². The summed E-state index contributed by atoms with van der Waals surface area (Å²) in [6, 6.07) is 2.12. The number of fused-ring (bicyclic) bond motifs is 1. The first kappa shape index (κ1) is 16.5. The Morgan fingerprint density at radius 3 is 2.92 bits per heavy atom. The number of hydrogen-bond acceptors (Lipinski definition) is 5. The summed E-state index contributed by atoms with van der Waals surface area (Å²) < 4.78 is 5.46. The lowest BCUT2D eigenvalue weighted by Crippen LogP contribution is -2.40. The Labute approximate surface area is 147 Å². The average Bonchev–Trinajstić information content (AvgIpc) is 3.25. The fourth-order valence-corrected chi connectivity index (χ4v) is 3.96. The molecular formula is C19H26N4O2. The van der Waals surface area contributed by atoms with Crippen LogP contribution in [0.5, 0.6) is 0 Å². The van der Waals surface area contributed by atoms with E-state index in [1.807, 2.05) is 6.07 Å². The number of nitrogens with two attached hydrogens (primary N) is 1. The first-order chi connectivity index (χ1) is 12.2. The molecular weight excluding hydrogens is 316 g/mol. The summed E-state index contributed by atoms with van der Waals surface area (Å²) in [4.78, 5) is 17.7. The number of nitrogens with one attached hydrogen (secondary N) is 1. The summed E-state index contributed by atoms with van der Waals surface area (Å²) in [7, 11) is 0. The van der Waals surface area contributed by atoms with E-state index >= 15 is 0 Å². The summed E-state index contributed by atoms with van der Waals surface area (Å²) in [5.41, 5.74) is 8.82. The van der Waals surface area contributed by atoms with E-state index in [2.05, 4.69) is 22.4 Å². The van der Waals surface area contributed by atoms with Gasteiger partial charge in [-0.2, -0.15) is 0 Å². The Morgan fingerprint density at radius 2 is 2.20 bits per heavy atom. The van der Waals surface area contributed by atoms with Gasteiger partial charge in [0.1, 0.15) is 0 Å². The molecule has 0 aromatic carbocycles. The standard InChI is InChI=1S/C19H26N4O2/c1-2-4-15-17-13(18(24)21-14-6-3-5-12(14)10-20)9-16(11-7-8-11)22-19(17)25-23-15/h9,11-12,14H,2-8,10,20H2,1H3,(H,21,24). The Morgan fingerprint density at radius 1 is 1.36 bits per heavy atom. The summed E-state index contributed by atoms with van der Waals surface area (Å²) in [6.45, 7) is 2.72. The second-order valence-corrected chi connectivity index (χ2v) is 7.44. The molecule has 3 N–H and O–H groups in total. The number of nitrogens with zero attached hydrogens (tertiary/aromatic N) is 2. The number of aromatic nitrogens is 2. The van der Waals surface area contributed by atoms with Crippen LogP contribution in [0, 0.1) is 5.92 Å². The van der Waals surface area contributed by atoms with Gasteiger partial charge in [0.05, 0.1) is 16.6 Å². The lowest BCUT2D eigenvalue weighted by Gasteiger charge is -2.20. The van der Waals surface area contributed by atoms with E-state index in [9.17, 15) is 4.79 Å². The first-order valence-electron chi connectivity index (χ1n) is 9.51. The van der Waals surface area contributed by atoms with Crippen LogP contribution in [0.25, 0.3) is 11.1 Å². The molecule has 25 heavy (non-hydrogen) atoms. The van der Waals surface area contributed by atoms with Crippen molar-refractivity contribution in [3.8, 4) is 0 Å². The zero-order valence-corrected chi connectivity index (χ0v) is 14.8. The normalized spacial score (nSPS) is 23.3. The van der Waals surface area contributed by atoms with Gasteiger partial charge >= 0.3 is 0 Å². The van der Waals surface area contributed by atoms with Crippen molar-refractivity contribution in [1.82, 2.24) is 15.5 Å². The highest BCUT2D eigenvalue weighted by Gasteiger charge is 2.31. The van der Waals surface area contributed by atoms with Gasteiger partial charge in [-0.1, -0.05) is 24.9 Å². The zero-order valence-electron chi connectivity index (χ0n) is 14.8. The fourth-order valence-electron chi connectivity index (χ4n) is 3.96. The van der Waals surface area contributed by atoms with Crippen LogP contribution in [0.1, 0.15) is 73.1 Å². The fraction of sp³-hybridized carbons (Fsp3) is 0.632. The van der Waals surface area contributed by atoms with Crippen molar-refractivity contribution in [2.24, 2.45) is 11.7 Å². The Kier molecular flexibility index (Phi) is 4.46. The summed E-state index contributed by atoms with van der Waals surface area (Å²) in [5.74, 6) is 0.793. The average molecular weight is 342 g/mol. The molecule has 2 aliphatic rings. The zero-order chi connectivity index (χ0) is 17.4. The number of pyridine rings is 1. The largest absolute Gasteiger partial charge is 0.349 e. The number of carbonyl (C=O) groups excluding carboxylic acids is 1. The molecule has 2 atom stereocenters. The van der Waals surface area contributed by atoms with Crippen LogP contribution >= 0.6 is 0 Å². The quantitative estimate of drug-likeness (QED) is 0.842. The van der Waals surface area contributed by atoms with Crippen molar-refractivity contribution in [1.29, 1.82) is 0 Å². The maximum absolute atomic E-state index is 13.1. The molecule has 6 heteroatoms. The summed E-state index contributed by atoms with van der Waals surface area (Å²) in [6.07, 6.45) is 7.22. The third-order valence-corrected chi connectivity index (χ3v) is 5.54. The molecule has 0 saturated heterocycles. The maximum atomic E-state index is 13.1. The predicted molar refractivity (Wildman–Crippen MR) is 95.4 cm³/mol. The minimum Gasteiger partial charge on any atom is -0.349 e. The van der Waals surface area contributed by atoms with E-state index in [1.54, 1.807) is 0 Å². The molecule has 0 spiro atoms. The van der Waals surface area contributed by atoms with Crippen LogP contribution in [0.15, 0.2) is 10.6 Å². The monoisotopic (exact) mass is 342 g/mol. The number of aryl methyl sites for hydroxylation is 1. The topological polar surface area (TPSA) is 94.0 Å². The highest BCUT2D eigenvalue weighted by Crippen LogP contribution is 2.40. The van der Waals surface area contributed by atoms with Gasteiger partial charge in [0.25, 0.3) is 11.6 Å². The van der Waals surface area contributed by atoms with Crippen molar-refractivity contribution in [2.75, 3.05) is 6.54 Å². The molecule has 0 bridgehead atoms. The summed E-state index contributed by atoms with van der Waals surface area (Å²) >= 11 is 0. The smallest absolute Gasteiger partial charge is 0.259 e. The molecule has 2 aliphatic carbocycles. The van der Waals surface area contributed by atoms with Crippen LogP contribution in [0.4, 0.5) is 0 Å². The van der Waals surface area contributed by atoms with Crippen molar-refractivity contribution < 1.29 is 9.32 Å². The number of carbonyl (C=O) groups is 1. The second kappa shape index (κ2) is 6.75. The Hall–Kier alpha value is -1.95. The van der Waals surface area contributed by atoms with Gasteiger partial charge in [-0.25, -0.2) is 4.98 Å². The number of rotatable bonds is 6. The van der Waals surface area contributed by atoms with E-state index in [-0.39, 0.29) is 11.9 Å². The molecule has 2 aromatic heterocycles. The van der Waals surface area contributed by atoms with E-state index in [1.165, 1.54) is 0 Å². The van der Waals surface area contributed by atoms with Crippen molar-refractivity contribution in [2.45, 2.75) is 63.8 Å². The SMILES string of the molecule is CCCc1noc2nc(C3CC3)cc(C(=O)NC3CCCC3CN)c12. The Balaban J connectivity index is 1.70. The third-order valence-electron chi connectivity index (χ3n) is 5.54. The van der Waals surface area contributed by atoms with Gasteiger partial charge in [-0.15, -0.1) is 0 Å². The van der Waals surface area contributed by atoms with Gasteiger partial charge in [0, 0.05) is 17.7 Å². The summed E-state index contributed by atoms with van der Waals surface area (Å²) in [5, 5.41) is 8.18. The molecule has 0 aliphatic heterocycles. The minimum absolute atomic E-state index is 0.0415. The van der Waals surface area contributed by atoms with Crippen LogP contribution in [0.3, 0.4) is 0 Å². The molecule has 134 valence electrons. The molecule has 4 rings (SSSR count). The molecule has 2 saturated carbocycles. The molecule has 2 heterocycles. The molecule has 1 amide bonds. The lowest BCUT2D eigenvalue weighted by atomic mass is 10.0.